The summed E-state index contributed by atoms with van der Waals surface area (Å²) in [4.78, 5) is 27.0. The van der Waals surface area contributed by atoms with E-state index in [1.807, 2.05) is 9.80 Å². The molecule has 2 unspecified atom stereocenters. The summed E-state index contributed by atoms with van der Waals surface area (Å²) in [5.41, 5.74) is 0. The van der Waals surface area contributed by atoms with Crippen LogP contribution in [0.1, 0.15) is 39.5 Å². The van der Waals surface area contributed by atoms with Crippen LogP contribution in [0.4, 0.5) is 0 Å². The van der Waals surface area contributed by atoms with Gasteiger partial charge in [-0.1, -0.05) is 12.8 Å². The number of fused-ring (bicyclic) bond motifs is 1. The molecule has 1 saturated heterocycles. The fraction of sp³-hybridized carbons (Fsp3) is 0.833. The highest BCUT2D eigenvalue weighted by Gasteiger charge is 2.39. The Morgan fingerprint density at radius 1 is 0.875 bits per heavy atom. The van der Waals surface area contributed by atoms with Crippen LogP contribution in [-0.2, 0) is 9.59 Å². The second-order valence-electron chi connectivity index (χ2n) is 4.84. The van der Waals surface area contributed by atoms with Crippen molar-refractivity contribution in [3.8, 4) is 0 Å². The summed E-state index contributed by atoms with van der Waals surface area (Å²) in [7, 11) is 0. The average Bonchev–Trinajstić information content (AvgIpc) is 2.27. The van der Waals surface area contributed by atoms with E-state index >= 15 is 0 Å². The van der Waals surface area contributed by atoms with E-state index in [1.165, 1.54) is 12.8 Å². The zero-order chi connectivity index (χ0) is 11.7. The van der Waals surface area contributed by atoms with E-state index in [0.29, 0.717) is 13.1 Å². The Morgan fingerprint density at radius 3 is 1.56 bits per heavy atom. The Morgan fingerprint density at radius 2 is 1.25 bits per heavy atom. The van der Waals surface area contributed by atoms with E-state index < -0.39 is 0 Å². The summed E-state index contributed by atoms with van der Waals surface area (Å²) in [6, 6.07) is 0.535. The largest absolute Gasteiger partial charge is 0.336 e. The maximum atomic E-state index is 11.6. The van der Waals surface area contributed by atoms with Crippen LogP contribution >= 0.6 is 0 Å². The first kappa shape index (κ1) is 11.4. The predicted molar refractivity (Wildman–Crippen MR) is 60.8 cm³/mol. The lowest BCUT2D eigenvalue weighted by Crippen LogP contribution is -2.62. The van der Waals surface area contributed by atoms with E-state index in [0.717, 1.165) is 12.8 Å². The third kappa shape index (κ3) is 1.93. The molecule has 0 aromatic rings. The Bertz CT molecular complexity index is 273. The predicted octanol–water partition coefficient (Wildman–Crippen LogP) is 1.01. The lowest BCUT2D eigenvalue weighted by molar-refractivity contribution is -0.146. The molecule has 90 valence electrons. The van der Waals surface area contributed by atoms with Crippen LogP contribution in [0.25, 0.3) is 0 Å². The number of hydrogen-bond acceptors (Lipinski definition) is 2. The van der Waals surface area contributed by atoms with Gasteiger partial charge in [-0.15, -0.1) is 0 Å². The molecular formula is C12H20N2O2. The molecule has 0 aromatic heterocycles. The van der Waals surface area contributed by atoms with Crippen LogP contribution in [0.2, 0.25) is 0 Å². The quantitative estimate of drug-likeness (QED) is 0.616. The summed E-state index contributed by atoms with van der Waals surface area (Å²) >= 11 is 0. The van der Waals surface area contributed by atoms with Crippen molar-refractivity contribution >= 4 is 11.8 Å². The van der Waals surface area contributed by atoms with E-state index in [9.17, 15) is 9.59 Å². The van der Waals surface area contributed by atoms with Crippen LogP contribution in [0.15, 0.2) is 0 Å². The van der Waals surface area contributed by atoms with Gasteiger partial charge < -0.3 is 9.80 Å². The van der Waals surface area contributed by atoms with E-state index in [-0.39, 0.29) is 23.9 Å². The summed E-state index contributed by atoms with van der Waals surface area (Å²) < 4.78 is 0. The van der Waals surface area contributed by atoms with Crippen LogP contribution in [0.5, 0.6) is 0 Å². The maximum Gasteiger partial charge on any atom is 0.219 e. The van der Waals surface area contributed by atoms with Crippen LogP contribution in [0, 0.1) is 0 Å². The topological polar surface area (TPSA) is 40.6 Å². The summed E-state index contributed by atoms with van der Waals surface area (Å²) in [6.07, 6.45) is 4.45. The highest BCUT2D eigenvalue weighted by molar-refractivity contribution is 5.76. The maximum absolute atomic E-state index is 11.6. The fourth-order valence-electron chi connectivity index (χ4n) is 3.15. The molecule has 1 saturated carbocycles. The van der Waals surface area contributed by atoms with Crippen LogP contribution in [-0.4, -0.2) is 46.8 Å². The van der Waals surface area contributed by atoms with Crippen molar-refractivity contribution in [3.05, 3.63) is 0 Å². The number of nitrogens with zero attached hydrogens (tertiary/aromatic N) is 2. The van der Waals surface area contributed by atoms with Crippen LogP contribution in [0.3, 0.4) is 0 Å². The van der Waals surface area contributed by atoms with Gasteiger partial charge in [-0.25, -0.2) is 0 Å². The summed E-state index contributed by atoms with van der Waals surface area (Å²) in [6.45, 7) is 4.68. The van der Waals surface area contributed by atoms with Crippen LogP contribution < -0.4 is 0 Å². The Kier molecular flexibility index (Phi) is 3.17. The smallest absolute Gasteiger partial charge is 0.219 e. The van der Waals surface area contributed by atoms with Crippen molar-refractivity contribution in [1.82, 2.24) is 9.80 Å². The normalized spacial score (nSPS) is 29.9. The van der Waals surface area contributed by atoms with E-state index in [4.69, 9.17) is 0 Å². The van der Waals surface area contributed by atoms with Gasteiger partial charge in [0.25, 0.3) is 0 Å². The molecule has 4 heteroatoms. The number of carbonyl (C=O) groups excluding carboxylic acids is 2. The Labute approximate surface area is 96.6 Å². The number of piperazine rings is 1. The van der Waals surface area contributed by atoms with Gasteiger partial charge >= 0.3 is 0 Å². The molecule has 16 heavy (non-hydrogen) atoms. The molecule has 2 atom stereocenters. The van der Waals surface area contributed by atoms with Gasteiger partial charge in [-0.3, -0.25) is 9.59 Å². The SMILES string of the molecule is CC(=O)N1CCN(C(C)=O)C2CCCCC21. The van der Waals surface area contributed by atoms with E-state index in [1.54, 1.807) is 13.8 Å². The van der Waals surface area contributed by atoms with Crippen molar-refractivity contribution in [2.45, 2.75) is 51.6 Å². The third-order valence-electron chi connectivity index (χ3n) is 3.89. The lowest BCUT2D eigenvalue weighted by atomic mass is 9.86. The Hall–Kier alpha value is -1.06. The highest BCUT2D eigenvalue weighted by Crippen LogP contribution is 2.30. The number of amides is 2. The third-order valence-corrected chi connectivity index (χ3v) is 3.89. The molecule has 0 bridgehead atoms. The minimum absolute atomic E-state index is 0.153. The van der Waals surface area contributed by atoms with Gasteiger partial charge in [-0.2, -0.15) is 0 Å². The first-order valence-corrected chi connectivity index (χ1v) is 6.15. The van der Waals surface area contributed by atoms with Crippen molar-refractivity contribution in [2.24, 2.45) is 0 Å². The summed E-state index contributed by atoms with van der Waals surface area (Å²) in [5, 5.41) is 0. The molecular weight excluding hydrogens is 204 g/mol. The van der Waals surface area contributed by atoms with Crippen molar-refractivity contribution in [1.29, 1.82) is 0 Å². The molecule has 2 fully saturated rings. The number of rotatable bonds is 0. The second-order valence-corrected chi connectivity index (χ2v) is 4.84. The van der Waals surface area contributed by atoms with Crippen molar-refractivity contribution in [3.63, 3.8) is 0 Å². The van der Waals surface area contributed by atoms with E-state index in [2.05, 4.69) is 0 Å². The van der Waals surface area contributed by atoms with Gasteiger partial charge in [-0.05, 0) is 12.8 Å². The number of hydrogen-bond donors (Lipinski definition) is 0. The molecule has 0 N–H and O–H groups in total. The molecule has 2 rings (SSSR count). The minimum atomic E-state index is 0.153. The van der Waals surface area contributed by atoms with Gasteiger partial charge in [0.05, 0.1) is 12.1 Å². The molecule has 2 amide bonds. The standard InChI is InChI=1S/C12H20N2O2/c1-9(15)13-7-8-14(10(2)16)12-6-4-3-5-11(12)13/h11-12H,3-8H2,1-2H3. The molecule has 2 aliphatic rings. The van der Waals surface area contributed by atoms with Gasteiger partial charge in [0.1, 0.15) is 0 Å². The van der Waals surface area contributed by atoms with Crippen molar-refractivity contribution < 1.29 is 9.59 Å². The van der Waals surface area contributed by atoms with Crippen molar-refractivity contribution in [2.75, 3.05) is 13.1 Å². The molecule has 1 aliphatic heterocycles. The molecule has 0 aromatic carbocycles. The zero-order valence-electron chi connectivity index (χ0n) is 10.1. The van der Waals surface area contributed by atoms with Gasteiger partial charge in [0, 0.05) is 26.9 Å². The fourth-order valence-corrected chi connectivity index (χ4v) is 3.15. The monoisotopic (exact) mass is 224 g/mol. The van der Waals surface area contributed by atoms with Gasteiger partial charge in [0.2, 0.25) is 11.8 Å². The Balaban J connectivity index is 2.17. The highest BCUT2D eigenvalue weighted by atomic mass is 16.2. The molecule has 0 spiro atoms. The average molecular weight is 224 g/mol. The summed E-state index contributed by atoms with van der Waals surface area (Å²) in [5.74, 6) is 0.306. The first-order chi connectivity index (χ1) is 7.61. The molecule has 4 nitrogen and oxygen atoms in total. The molecule has 1 aliphatic carbocycles. The minimum Gasteiger partial charge on any atom is -0.336 e. The lowest BCUT2D eigenvalue weighted by Gasteiger charge is -2.49. The second kappa shape index (κ2) is 4.44. The zero-order valence-corrected chi connectivity index (χ0v) is 10.1. The molecule has 1 heterocycles. The van der Waals surface area contributed by atoms with Gasteiger partial charge in [0.15, 0.2) is 0 Å². The molecule has 0 radical (unpaired) electrons. The number of carbonyl (C=O) groups is 2. The first-order valence-electron chi connectivity index (χ1n) is 6.15.